The first kappa shape index (κ1) is 13.5. The lowest BCUT2D eigenvalue weighted by molar-refractivity contribution is 0.465. The van der Waals surface area contributed by atoms with Crippen LogP contribution in [-0.4, -0.2) is 0 Å². The Labute approximate surface area is 136 Å². The lowest BCUT2D eigenvalue weighted by atomic mass is 9.94. The third kappa shape index (κ3) is 2.52. The van der Waals surface area contributed by atoms with Crippen molar-refractivity contribution in [3.8, 4) is 0 Å². The smallest absolute Gasteiger partial charge is 0.0704 e. The van der Waals surface area contributed by atoms with E-state index < -0.39 is 0 Å². The summed E-state index contributed by atoms with van der Waals surface area (Å²) in [5.41, 5.74) is 3.16. The molecule has 1 unspecified atom stereocenters. The van der Waals surface area contributed by atoms with Crippen LogP contribution in [0.4, 0.5) is 0 Å². The van der Waals surface area contributed by atoms with Crippen molar-refractivity contribution in [3.05, 3.63) is 41.7 Å². The highest BCUT2D eigenvalue weighted by Gasteiger charge is 2.22. The third-order valence-corrected chi connectivity index (χ3v) is 7.35. The maximum absolute atomic E-state index is 3.79. The minimum absolute atomic E-state index is 0.554. The van der Waals surface area contributed by atoms with Crippen molar-refractivity contribution >= 4 is 38.6 Å². The van der Waals surface area contributed by atoms with Crippen LogP contribution < -0.4 is 5.32 Å². The van der Waals surface area contributed by atoms with Crippen molar-refractivity contribution in [1.29, 1.82) is 0 Å². The van der Waals surface area contributed by atoms with Gasteiger partial charge in [-0.2, -0.15) is 0 Å². The van der Waals surface area contributed by atoms with Crippen LogP contribution in [0.1, 0.15) is 51.1 Å². The van der Waals surface area contributed by atoms with Gasteiger partial charge in [0.2, 0.25) is 0 Å². The summed E-state index contributed by atoms with van der Waals surface area (Å²) in [7, 11) is 0. The van der Waals surface area contributed by atoms with Gasteiger partial charge in [0.25, 0.3) is 0 Å². The molecule has 1 atom stereocenters. The number of hydrogen-bond donors (Lipinski definition) is 1. The van der Waals surface area contributed by atoms with E-state index in [4.69, 9.17) is 0 Å². The summed E-state index contributed by atoms with van der Waals surface area (Å²) in [6.45, 7) is 1.04. The van der Waals surface area contributed by atoms with Crippen LogP contribution >= 0.6 is 38.6 Å². The van der Waals surface area contributed by atoms with E-state index in [0.29, 0.717) is 6.04 Å². The summed E-state index contributed by atoms with van der Waals surface area (Å²) < 4.78 is 1.28. The summed E-state index contributed by atoms with van der Waals surface area (Å²) in [5.74, 6) is 0. The molecule has 2 aliphatic carbocycles. The molecule has 0 spiro atoms. The van der Waals surface area contributed by atoms with Crippen molar-refractivity contribution in [2.24, 2.45) is 0 Å². The molecule has 0 radical (unpaired) electrons. The van der Waals surface area contributed by atoms with Crippen LogP contribution in [0.3, 0.4) is 0 Å². The molecule has 0 saturated heterocycles. The highest BCUT2D eigenvalue weighted by Crippen LogP contribution is 2.38. The SMILES string of the molecule is Brc1cc2c(s1)CCCC2NCc1cc2c(s1)CCC2. The molecule has 1 N–H and O–H groups in total. The molecule has 0 bridgehead atoms. The quantitative estimate of drug-likeness (QED) is 0.782. The maximum atomic E-state index is 3.79. The van der Waals surface area contributed by atoms with Crippen molar-refractivity contribution in [2.75, 3.05) is 0 Å². The Morgan fingerprint density at radius 3 is 2.90 bits per heavy atom. The largest absolute Gasteiger partial charge is 0.305 e. The van der Waals surface area contributed by atoms with E-state index in [1.807, 2.05) is 22.7 Å². The van der Waals surface area contributed by atoms with E-state index in [2.05, 4.69) is 33.4 Å². The molecule has 4 heteroatoms. The van der Waals surface area contributed by atoms with E-state index >= 15 is 0 Å². The Hall–Kier alpha value is -0.160. The zero-order valence-electron chi connectivity index (χ0n) is 11.4. The van der Waals surface area contributed by atoms with Crippen LogP contribution in [-0.2, 0) is 25.8 Å². The van der Waals surface area contributed by atoms with Gasteiger partial charge in [-0.15, -0.1) is 22.7 Å². The number of aryl methyl sites for hydroxylation is 3. The Kier molecular flexibility index (Phi) is 3.75. The standard InChI is InChI=1S/C16H18BrNS2/c17-16-8-12-13(4-2-6-15(12)20-16)18-9-11-7-10-3-1-5-14(10)19-11/h7-8,13,18H,1-6,9H2. The third-order valence-electron chi connectivity index (χ3n) is 4.40. The molecule has 0 amide bonds. The molecule has 2 aliphatic rings. The number of fused-ring (bicyclic) bond motifs is 2. The van der Waals surface area contributed by atoms with Gasteiger partial charge in [-0.25, -0.2) is 0 Å². The highest BCUT2D eigenvalue weighted by molar-refractivity contribution is 9.11. The van der Waals surface area contributed by atoms with Gasteiger partial charge in [0.15, 0.2) is 0 Å². The van der Waals surface area contributed by atoms with Crippen LogP contribution in [0.15, 0.2) is 15.9 Å². The topological polar surface area (TPSA) is 12.0 Å². The van der Waals surface area contributed by atoms with Gasteiger partial charge in [-0.05, 0) is 77.7 Å². The second-order valence-corrected chi connectivity index (χ2v) is 9.51. The maximum Gasteiger partial charge on any atom is 0.0704 e. The average molecular weight is 368 g/mol. The fourth-order valence-electron chi connectivity index (χ4n) is 3.43. The normalized spacial score (nSPS) is 20.9. The van der Waals surface area contributed by atoms with Crippen molar-refractivity contribution in [1.82, 2.24) is 5.32 Å². The first-order chi connectivity index (χ1) is 9.79. The van der Waals surface area contributed by atoms with Crippen molar-refractivity contribution in [2.45, 2.75) is 51.1 Å². The molecule has 0 saturated carbocycles. The highest BCUT2D eigenvalue weighted by atomic mass is 79.9. The van der Waals surface area contributed by atoms with E-state index in [1.54, 1.807) is 15.3 Å². The average Bonchev–Trinajstić information content (AvgIpc) is 3.08. The summed E-state index contributed by atoms with van der Waals surface area (Å²) in [5, 5.41) is 3.79. The molecule has 1 nitrogen and oxygen atoms in total. The van der Waals surface area contributed by atoms with Gasteiger partial charge in [-0.3, -0.25) is 0 Å². The number of hydrogen-bond acceptors (Lipinski definition) is 3. The monoisotopic (exact) mass is 367 g/mol. The Balaban J connectivity index is 1.47. The fraction of sp³-hybridized carbons (Fsp3) is 0.500. The predicted molar refractivity (Wildman–Crippen MR) is 90.9 cm³/mol. The van der Waals surface area contributed by atoms with Crippen LogP contribution in [0, 0.1) is 0 Å². The van der Waals surface area contributed by atoms with Crippen LogP contribution in [0.2, 0.25) is 0 Å². The molecule has 2 aromatic heterocycles. The van der Waals surface area contributed by atoms with E-state index in [1.165, 1.54) is 52.8 Å². The number of nitrogens with one attached hydrogen (secondary N) is 1. The fourth-order valence-corrected chi connectivity index (χ4v) is 6.47. The lowest BCUT2D eigenvalue weighted by Gasteiger charge is -2.23. The van der Waals surface area contributed by atoms with E-state index in [0.717, 1.165) is 6.54 Å². The first-order valence-electron chi connectivity index (χ1n) is 7.41. The molecule has 2 aromatic rings. The van der Waals surface area contributed by atoms with Gasteiger partial charge < -0.3 is 5.32 Å². The van der Waals surface area contributed by atoms with Gasteiger partial charge in [-0.1, -0.05) is 0 Å². The Morgan fingerprint density at radius 1 is 1.10 bits per heavy atom. The second kappa shape index (κ2) is 5.56. The minimum Gasteiger partial charge on any atom is -0.305 e. The Bertz CT molecular complexity index is 607. The molecular formula is C16H18BrNS2. The summed E-state index contributed by atoms with van der Waals surface area (Å²) in [6.07, 6.45) is 7.84. The molecule has 0 aromatic carbocycles. The van der Waals surface area contributed by atoms with Gasteiger partial charge in [0.1, 0.15) is 0 Å². The van der Waals surface area contributed by atoms with Gasteiger partial charge >= 0.3 is 0 Å². The van der Waals surface area contributed by atoms with Gasteiger partial charge in [0.05, 0.1) is 3.79 Å². The zero-order valence-corrected chi connectivity index (χ0v) is 14.6. The first-order valence-corrected chi connectivity index (χ1v) is 9.84. The van der Waals surface area contributed by atoms with Crippen molar-refractivity contribution < 1.29 is 0 Å². The number of rotatable bonds is 3. The minimum atomic E-state index is 0.554. The van der Waals surface area contributed by atoms with Crippen molar-refractivity contribution in [3.63, 3.8) is 0 Å². The predicted octanol–water partition coefficient (Wildman–Crippen LogP) is 5.23. The van der Waals surface area contributed by atoms with Gasteiger partial charge in [0, 0.05) is 27.2 Å². The molecule has 2 heterocycles. The molecule has 106 valence electrons. The number of halogens is 1. The van der Waals surface area contributed by atoms with Crippen LogP contribution in [0.5, 0.6) is 0 Å². The van der Waals surface area contributed by atoms with E-state index in [-0.39, 0.29) is 0 Å². The molecule has 0 fully saturated rings. The van der Waals surface area contributed by atoms with Crippen LogP contribution in [0.25, 0.3) is 0 Å². The van der Waals surface area contributed by atoms with E-state index in [9.17, 15) is 0 Å². The molecular weight excluding hydrogens is 350 g/mol. The molecule has 0 aliphatic heterocycles. The molecule has 20 heavy (non-hydrogen) atoms. The summed E-state index contributed by atoms with van der Waals surface area (Å²) in [6, 6.07) is 5.32. The second-order valence-electron chi connectivity index (χ2n) is 5.77. The lowest BCUT2D eigenvalue weighted by Crippen LogP contribution is -2.23. The Morgan fingerprint density at radius 2 is 2.00 bits per heavy atom. The summed E-state index contributed by atoms with van der Waals surface area (Å²) in [4.78, 5) is 4.75. The number of thiophene rings is 2. The molecule has 4 rings (SSSR count). The summed E-state index contributed by atoms with van der Waals surface area (Å²) >= 11 is 7.58. The zero-order chi connectivity index (χ0) is 13.5.